The minimum Gasteiger partial charge on any atom is -0.438 e. The van der Waals surface area contributed by atoms with Crippen LogP contribution in [0.2, 0.25) is 0 Å². The largest absolute Gasteiger partial charge is 0.438 e. The summed E-state index contributed by atoms with van der Waals surface area (Å²) < 4.78 is 24.7. The van der Waals surface area contributed by atoms with Crippen LogP contribution in [0.15, 0.2) is 12.2 Å². The highest BCUT2D eigenvalue weighted by Gasteiger charge is 2.54. The van der Waals surface area contributed by atoms with Crippen molar-refractivity contribution in [1.82, 2.24) is 0 Å². The number of ether oxygens (including phenoxy) is 5. The SMILES string of the molecule is COCOC(=O)C1C2C=CC(O2)C1C(=O)OCOC. The Hall–Kier alpha value is -1.44. The van der Waals surface area contributed by atoms with Gasteiger partial charge in [0.05, 0.1) is 12.2 Å². The molecule has 2 rings (SSSR count). The van der Waals surface area contributed by atoms with Gasteiger partial charge in [-0.05, 0) is 0 Å². The van der Waals surface area contributed by atoms with Gasteiger partial charge in [0.2, 0.25) is 0 Å². The molecule has 0 aliphatic carbocycles. The van der Waals surface area contributed by atoms with Gasteiger partial charge in [-0.15, -0.1) is 0 Å². The van der Waals surface area contributed by atoms with Crippen molar-refractivity contribution in [2.75, 3.05) is 27.8 Å². The Morgan fingerprint density at radius 2 is 1.37 bits per heavy atom. The van der Waals surface area contributed by atoms with E-state index in [2.05, 4.69) is 9.47 Å². The highest BCUT2D eigenvalue weighted by Crippen LogP contribution is 2.40. The smallest absolute Gasteiger partial charge is 0.315 e. The summed E-state index contributed by atoms with van der Waals surface area (Å²) in [6.07, 6.45) is 2.61. The Morgan fingerprint density at radius 3 is 1.74 bits per heavy atom. The first-order valence-corrected chi connectivity index (χ1v) is 5.84. The van der Waals surface area contributed by atoms with Crippen molar-refractivity contribution in [1.29, 1.82) is 0 Å². The van der Waals surface area contributed by atoms with Gasteiger partial charge in [0.15, 0.2) is 13.6 Å². The van der Waals surface area contributed by atoms with Crippen LogP contribution in [0.1, 0.15) is 0 Å². The molecule has 0 aromatic rings. The fourth-order valence-electron chi connectivity index (χ4n) is 2.30. The first kappa shape index (κ1) is 14.0. The van der Waals surface area contributed by atoms with E-state index in [1.165, 1.54) is 14.2 Å². The second-order valence-corrected chi connectivity index (χ2v) is 4.24. The fraction of sp³-hybridized carbons (Fsp3) is 0.667. The van der Waals surface area contributed by atoms with E-state index >= 15 is 0 Å². The molecule has 2 aliphatic rings. The average molecular weight is 272 g/mol. The average Bonchev–Trinajstić information content (AvgIpc) is 3.02. The fourth-order valence-corrected chi connectivity index (χ4v) is 2.30. The van der Waals surface area contributed by atoms with Crippen LogP contribution < -0.4 is 0 Å². The summed E-state index contributed by atoms with van der Waals surface area (Å²) in [5.74, 6) is -2.46. The lowest BCUT2D eigenvalue weighted by molar-refractivity contribution is -0.170. The molecule has 0 saturated carbocycles. The minimum absolute atomic E-state index is 0.156. The van der Waals surface area contributed by atoms with E-state index in [1.807, 2.05) is 0 Å². The zero-order valence-corrected chi connectivity index (χ0v) is 10.7. The second kappa shape index (κ2) is 6.14. The predicted molar refractivity (Wildman–Crippen MR) is 60.7 cm³/mol. The van der Waals surface area contributed by atoms with Crippen LogP contribution in [0, 0.1) is 11.8 Å². The molecule has 2 heterocycles. The number of carbonyl (C=O) groups is 2. The van der Waals surface area contributed by atoms with Gasteiger partial charge in [-0.1, -0.05) is 12.2 Å². The Bertz CT molecular complexity index is 344. The van der Waals surface area contributed by atoms with Crippen molar-refractivity contribution in [3.63, 3.8) is 0 Å². The quantitative estimate of drug-likeness (QED) is 0.378. The van der Waals surface area contributed by atoms with E-state index in [4.69, 9.17) is 14.2 Å². The predicted octanol–water partition coefficient (Wildman–Crippen LogP) is -0.150. The van der Waals surface area contributed by atoms with Gasteiger partial charge >= 0.3 is 11.9 Å². The van der Waals surface area contributed by atoms with E-state index in [-0.39, 0.29) is 13.6 Å². The lowest BCUT2D eigenvalue weighted by atomic mass is 9.83. The van der Waals surface area contributed by atoms with Crippen molar-refractivity contribution in [3.05, 3.63) is 12.2 Å². The van der Waals surface area contributed by atoms with Gasteiger partial charge in [0.25, 0.3) is 0 Å². The van der Waals surface area contributed by atoms with Gasteiger partial charge in [-0.25, -0.2) is 0 Å². The molecule has 0 aromatic carbocycles. The van der Waals surface area contributed by atoms with Crippen LogP contribution in [-0.4, -0.2) is 52.0 Å². The minimum atomic E-state index is -0.700. The van der Waals surface area contributed by atoms with Gasteiger partial charge < -0.3 is 23.7 Å². The number of fused-ring (bicyclic) bond motifs is 2. The normalized spacial score (nSPS) is 31.5. The molecule has 7 heteroatoms. The molecule has 0 amide bonds. The highest BCUT2D eigenvalue weighted by molar-refractivity contribution is 5.85. The van der Waals surface area contributed by atoms with Crippen molar-refractivity contribution < 1.29 is 33.3 Å². The summed E-state index contributed by atoms with van der Waals surface area (Å²) in [7, 11) is 2.82. The van der Waals surface area contributed by atoms with Crippen LogP contribution in [0.25, 0.3) is 0 Å². The van der Waals surface area contributed by atoms with Crippen molar-refractivity contribution in [3.8, 4) is 0 Å². The Labute approximate surface area is 110 Å². The molecule has 2 bridgehead atoms. The third-order valence-corrected chi connectivity index (χ3v) is 3.08. The molecular formula is C12H16O7. The van der Waals surface area contributed by atoms with E-state index in [9.17, 15) is 9.59 Å². The molecule has 106 valence electrons. The summed E-state index contributed by atoms with van der Waals surface area (Å²) in [4.78, 5) is 23.9. The molecule has 7 nitrogen and oxygen atoms in total. The maximum Gasteiger partial charge on any atom is 0.315 e. The van der Waals surface area contributed by atoms with Crippen molar-refractivity contribution >= 4 is 11.9 Å². The van der Waals surface area contributed by atoms with Crippen LogP contribution in [0.4, 0.5) is 0 Å². The maximum atomic E-state index is 11.9. The lowest BCUT2D eigenvalue weighted by Gasteiger charge is -2.21. The first-order valence-electron chi connectivity index (χ1n) is 5.84. The molecule has 0 spiro atoms. The van der Waals surface area contributed by atoms with E-state index in [0.29, 0.717) is 0 Å². The van der Waals surface area contributed by atoms with Crippen LogP contribution in [0.5, 0.6) is 0 Å². The van der Waals surface area contributed by atoms with Crippen LogP contribution in [0.3, 0.4) is 0 Å². The topological polar surface area (TPSA) is 80.3 Å². The molecule has 19 heavy (non-hydrogen) atoms. The lowest BCUT2D eigenvalue weighted by Crippen LogP contribution is -2.38. The van der Waals surface area contributed by atoms with E-state index < -0.39 is 36.0 Å². The van der Waals surface area contributed by atoms with Crippen molar-refractivity contribution in [2.24, 2.45) is 11.8 Å². The third-order valence-electron chi connectivity index (χ3n) is 3.08. The first-order chi connectivity index (χ1) is 9.19. The number of hydrogen-bond donors (Lipinski definition) is 0. The van der Waals surface area contributed by atoms with Gasteiger partial charge in [-0.3, -0.25) is 9.59 Å². The standard InChI is InChI=1S/C12H16O7/c1-15-5-17-11(13)9-7-3-4-8(19-7)10(9)12(14)18-6-16-2/h3-4,7-10H,5-6H2,1-2H3. The zero-order chi connectivity index (χ0) is 13.8. The summed E-state index contributed by atoms with van der Waals surface area (Å²) in [6.45, 7) is -0.313. The van der Waals surface area contributed by atoms with Gasteiger partial charge in [-0.2, -0.15) is 0 Å². The highest BCUT2D eigenvalue weighted by atomic mass is 16.7. The van der Waals surface area contributed by atoms with Crippen LogP contribution >= 0.6 is 0 Å². The molecular weight excluding hydrogens is 256 g/mol. The number of hydrogen-bond acceptors (Lipinski definition) is 7. The Kier molecular flexibility index (Phi) is 4.52. The van der Waals surface area contributed by atoms with E-state index in [0.717, 1.165) is 0 Å². The van der Waals surface area contributed by atoms with E-state index in [1.54, 1.807) is 12.2 Å². The summed E-state index contributed by atoms with van der Waals surface area (Å²) in [6, 6.07) is 0. The molecule has 0 N–H and O–H groups in total. The summed E-state index contributed by atoms with van der Waals surface area (Å²) in [5, 5.41) is 0. The number of carbonyl (C=O) groups excluding carboxylic acids is 2. The molecule has 4 unspecified atom stereocenters. The van der Waals surface area contributed by atoms with Crippen molar-refractivity contribution in [2.45, 2.75) is 12.2 Å². The summed E-state index contributed by atoms with van der Waals surface area (Å²) >= 11 is 0. The number of esters is 2. The Balaban J connectivity index is 2.04. The Morgan fingerprint density at radius 1 is 0.947 bits per heavy atom. The number of methoxy groups -OCH3 is 2. The molecule has 0 aromatic heterocycles. The van der Waals surface area contributed by atoms with Gasteiger partial charge in [0.1, 0.15) is 11.8 Å². The molecule has 4 atom stereocenters. The number of rotatable bonds is 6. The maximum absolute atomic E-state index is 11.9. The summed E-state index contributed by atoms with van der Waals surface area (Å²) in [5.41, 5.74) is 0. The molecule has 2 aliphatic heterocycles. The van der Waals surface area contributed by atoms with Crippen LogP contribution in [-0.2, 0) is 33.3 Å². The third kappa shape index (κ3) is 2.78. The molecule has 0 radical (unpaired) electrons. The monoisotopic (exact) mass is 272 g/mol. The van der Waals surface area contributed by atoms with Gasteiger partial charge in [0, 0.05) is 14.2 Å². The molecule has 1 saturated heterocycles. The molecule has 1 fully saturated rings. The zero-order valence-electron chi connectivity index (χ0n) is 10.7. The second-order valence-electron chi connectivity index (χ2n) is 4.24.